The number of methoxy groups -OCH3 is 1. The van der Waals surface area contributed by atoms with E-state index in [0.717, 1.165) is 19.8 Å². The second-order valence-corrected chi connectivity index (χ2v) is 9.69. The van der Waals surface area contributed by atoms with Gasteiger partial charge in [-0.05, 0) is 45.8 Å². The zero-order chi connectivity index (χ0) is 21.8. The van der Waals surface area contributed by atoms with Crippen molar-refractivity contribution < 1.29 is 9.53 Å². The van der Waals surface area contributed by atoms with Crippen molar-refractivity contribution in [3.63, 3.8) is 0 Å². The molecule has 0 N–H and O–H groups in total. The summed E-state index contributed by atoms with van der Waals surface area (Å²) in [4.78, 5) is 16.3. The van der Waals surface area contributed by atoms with Gasteiger partial charge in [0.2, 0.25) is 0 Å². The molecule has 0 atom stereocenters. The number of thiophene rings is 1. The molecular formula is C24H22BrN3O2S. The maximum Gasteiger partial charge on any atom is 0.257 e. The van der Waals surface area contributed by atoms with Crippen LogP contribution in [0.2, 0.25) is 0 Å². The molecule has 0 aliphatic carbocycles. The van der Waals surface area contributed by atoms with Crippen LogP contribution in [-0.4, -0.2) is 34.7 Å². The normalized spacial score (nSPS) is 10.8. The van der Waals surface area contributed by atoms with Gasteiger partial charge in [-0.1, -0.05) is 42.5 Å². The van der Waals surface area contributed by atoms with E-state index in [1.807, 2.05) is 84.7 Å². The molecule has 5 nitrogen and oxygen atoms in total. The minimum absolute atomic E-state index is 0.0789. The molecule has 2 aromatic heterocycles. The Bertz CT molecular complexity index is 1190. The number of amides is 1. The Hall–Kier alpha value is -2.90. The number of hydrogen-bond acceptors (Lipinski definition) is 4. The van der Waals surface area contributed by atoms with E-state index in [1.165, 1.54) is 0 Å². The lowest BCUT2D eigenvalue weighted by Gasteiger charge is -2.16. The fraction of sp³-hybridized carbons (Fsp3) is 0.167. The van der Waals surface area contributed by atoms with Gasteiger partial charge >= 0.3 is 0 Å². The number of carbonyl (C=O) groups is 1. The molecule has 0 saturated carbocycles. The lowest BCUT2D eigenvalue weighted by atomic mass is 10.1. The van der Waals surface area contributed by atoms with Crippen LogP contribution in [-0.2, 0) is 13.1 Å². The summed E-state index contributed by atoms with van der Waals surface area (Å²) in [6, 6.07) is 21.8. The van der Waals surface area contributed by atoms with Gasteiger partial charge in [0.25, 0.3) is 5.91 Å². The van der Waals surface area contributed by atoms with Crippen LogP contribution in [0.15, 0.2) is 76.7 Å². The number of carbonyl (C=O) groups excluding carboxylic acids is 1. The Labute approximate surface area is 194 Å². The van der Waals surface area contributed by atoms with Crippen LogP contribution in [0, 0.1) is 0 Å². The molecule has 0 fully saturated rings. The molecule has 7 heteroatoms. The van der Waals surface area contributed by atoms with Crippen molar-refractivity contribution in [3.8, 4) is 17.0 Å². The third-order valence-electron chi connectivity index (χ3n) is 4.91. The number of halogens is 1. The first-order valence-corrected chi connectivity index (χ1v) is 11.4. The second-order valence-electron chi connectivity index (χ2n) is 7.14. The molecule has 1 amide bonds. The van der Waals surface area contributed by atoms with E-state index in [0.29, 0.717) is 30.1 Å². The highest BCUT2D eigenvalue weighted by Crippen LogP contribution is 2.32. The third-order valence-corrected chi connectivity index (χ3v) is 6.52. The average molecular weight is 496 g/mol. The smallest absolute Gasteiger partial charge is 0.257 e. The van der Waals surface area contributed by atoms with Crippen LogP contribution in [0.5, 0.6) is 5.75 Å². The van der Waals surface area contributed by atoms with Gasteiger partial charge in [0.15, 0.2) is 0 Å². The minimum Gasteiger partial charge on any atom is -0.496 e. The summed E-state index contributed by atoms with van der Waals surface area (Å²) in [5.41, 5.74) is 3.09. The zero-order valence-corrected chi connectivity index (χ0v) is 19.7. The molecule has 0 radical (unpaired) electrons. The van der Waals surface area contributed by atoms with E-state index in [9.17, 15) is 4.79 Å². The van der Waals surface area contributed by atoms with Gasteiger partial charge < -0.3 is 9.64 Å². The molecule has 31 heavy (non-hydrogen) atoms. The summed E-state index contributed by atoms with van der Waals surface area (Å²) in [7, 11) is 3.44. The van der Waals surface area contributed by atoms with Crippen LogP contribution < -0.4 is 4.74 Å². The van der Waals surface area contributed by atoms with Gasteiger partial charge in [-0.25, -0.2) is 0 Å². The van der Waals surface area contributed by atoms with E-state index in [1.54, 1.807) is 23.3 Å². The van der Waals surface area contributed by atoms with Gasteiger partial charge in [-0.2, -0.15) is 5.10 Å². The van der Waals surface area contributed by atoms with Crippen LogP contribution in [0.4, 0.5) is 0 Å². The highest BCUT2D eigenvalue weighted by molar-refractivity contribution is 9.11. The van der Waals surface area contributed by atoms with Crippen molar-refractivity contribution in [2.75, 3.05) is 14.2 Å². The van der Waals surface area contributed by atoms with Crippen LogP contribution in [0.1, 0.15) is 20.8 Å². The van der Waals surface area contributed by atoms with Gasteiger partial charge in [0.05, 0.1) is 29.5 Å². The van der Waals surface area contributed by atoms with Crippen LogP contribution >= 0.6 is 27.3 Å². The van der Waals surface area contributed by atoms with E-state index >= 15 is 0 Å². The van der Waals surface area contributed by atoms with E-state index in [-0.39, 0.29) is 5.91 Å². The molecule has 4 aromatic rings. The summed E-state index contributed by atoms with van der Waals surface area (Å²) in [6.07, 6.45) is 1.83. The summed E-state index contributed by atoms with van der Waals surface area (Å²) >= 11 is 5.11. The van der Waals surface area contributed by atoms with Gasteiger partial charge in [-0.3, -0.25) is 9.48 Å². The predicted molar refractivity (Wildman–Crippen MR) is 128 cm³/mol. The molecule has 0 aliphatic rings. The topological polar surface area (TPSA) is 47.4 Å². The molecule has 0 bridgehead atoms. The lowest BCUT2D eigenvalue weighted by Crippen LogP contribution is -2.26. The van der Waals surface area contributed by atoms with Gasteiger partial charge in [0.1, 0.15) is 11.4 Å². The van der Waals surface area contributed by atoms with E-state index in [4.69, 9.17) is 9.84 Å². The first-order chi connectivity index (χ1) is 15.0. The summed E-state index contributed by atoms with van der Waals surface area (Å²) in [5, 5.41) is 4.78. The number of aromatic nitrogens is 2. The summed E-state index contributed by atoms with van der Waals surface area (Å²) in [6.45, 7) is 1.11. The summed E-state index contributed by atoms with van der Waals surface area (Å²) < 4.78 is 8.41. The number of hydrogen-bond donors (Lipinski definition) is 0. The minimum atomic E-state index is -0.0789. The molecule has 0 aliphatic heterocycles. The third kappa shape index (κ3) is 4.89. The number of para-hydroxylation sites is 1. The quantitative estimate of drug-likeness (QED) is 0.330. The SMILES string of the molecule is COc1ccccc1-c1nn(Cc2ccccc2)cc1C(=O)N(C)Cc1ccc(Br)s1. The first kappa shape index (κ1) is 21.3. The Morgan fingerprint density at radius 2 is 1.84 bits per heavy atom. The monoisotopic (exact) mass is 495 g/mol. The number of ether oxygens (including phenoxy) is 1. The fourth-order valence-electron chi connectivity index (χ4n) is 3.42. The maximum atomic E-state index is 13.4. The molecule has 158 valence electrons. The van der Waals surface area contributed by atoms with E-state index < -0.39 is 0 Å². The molecule has 0 unspecified atom stereocenters. The Morgan fingerprint density at radius 1 is 1.10 bits per heavy atom. The first-order valence-electron chi connectivity index (χ1n) is 9.79. The highest BCUT2D eigenvalue weighted by atomic mass is 79.9. The summed E-state index contributed by atoms with van der Waals surface area (Å²) in [5.74, 6) is 0.607. The van der Waals surface area contributed by atoms with E-state index in [2.05, 4.69) is 15.9 Å². The van der Waals surface area contributed by atoms with Crippen molar-refractivity contribution in [1.82, 2.24) is 14.7 Å². The largest absolute Gasteiger partial charge is 0.496 e. The molecule has 2 heterocycles. The average Bonchev–Trinajstić information content (AvgIpc) is 3.39. The Balaban J connectivity index is 1.71. The molecular weight excluding hydrogens is 474 g/mol. The lowest BCUT2D eigenvalue weighted by molar-refractivity contribution is 0.0787. The number of benzene rings is 2. The van der Waals surface area contributed by atoms with Crippen LogP contribution in [0.3, 0.4) is 0 Å². The number of nitrogens with zero attached hydrogens (tertiary/aromatic N) is 3. The fourth-order valence-corrected chi connectivity index (χ4v) is 4.95. The van der Waals surface area contributed by atoms with Crippen LogP contribution in [0.25, 0.3) is 11.3 Å². The highest BCUT2D eigenvalue weighted by Gasteiger charge is 2.23. The standard InChI is InChI=1S/C24H22BrN3O2S/c1-27(15-18-12-13-22(25)31-18)24(29)20-16-28(14-17-8-4-3-5-9-17)26-23(20)19-10-6-7-11-21(19)30-2/h3-13,16H,14-15H2,1-2H3. The van der Waals surface area contributed by atoms with Gasteiger partial charge in [-0.15, -0.1) is 11.3 Å². The molecule has 2 aromatic carbocycles. The second kappa shape index (κ2) is 9.49. The molecule has 0 spiro atoms. The molecule has 4 rings (SSSR count). The Kier molecular flexibility index (Phi) is 6.53. The predicted octanol–water partition coefficient (Wildman–Crippen LogP) is 5.70. The van der Waals surface area contributed by atoms with Crippen molar-refractivity contribution in [1.29, 1.82) is 0 Å². The van der Waals surface area contributed by atoms with Gasteiger partial charge in [0, 0.05) is 23.7 Å². The zero-order valence-electron chi connectivity index (χ0n) is 17.3. The van der Waals surface area contributed by atoms with Crippen molar-refractivity contribution in [3.05, 3.63) is 92.7 Å². The molecule has 0 saturated heterocycles. The van der Waals surface area contributed by atoms with Crippen molar-refractivity contribution in [2.45, 2.75) is 13.1 Å². The number of rotatable bonds is 7. The van der Waals surface area contributed by atoms with Crippen molar-refractivity contribution in [2.24, 2.45) is 0 Å². The van der Waals surface area contributed by atoms with Crippen molar-refractivity contribution >= 4 is 33.2 Å². The Morgan fingerprint density at radius 3 is 2.55 bits per heavy atom. The maximum absolute atomic E-state index is 13.4.